The van der Waals surface area contributed by atoms with Crippen LogP contribution in [0.4, 0.5) is 0 Å². The lowest BCUT2D eigenvalue weighted by atomic mass is 10.2. The standard InChI is InChI=1S/C13H13ClN2O4/c1-19-11-4-3-9(14)7-10(11)13(18)20-8-12(17)16-6-2-5-15/h3-4,7H,2,6,8H2,1H3,(H,16,17). The summed E-state index contributed by atoms with van der Waals surface area (Å²) >= 11 is 5.79. The number of carbonyl (C=O) groups excluding carboxylic acids is 2. The first-order valence-corrected chi connectivity index (χ1v) is 6.10. The molecule has 0 aliphatic heterocycles. The molecule has 0 aliphatic carbocycles. The molecule has 1 amide bonds. The number of hydrogen-bond acceptors (Lipinski definition) is 5. The quantitative estimate of drug-likeness (QED) is 0.635. The first-order valence-electron chi connectivity index (χ1n) is 5.72. The number of nitrogens with zero attached hydrogens (tertiary/aromatic N) is 1. The Hall–Kier alpha value is -2.26. The maximum atomic E-state index is 11.8. The summed E-state index contributed by atoms with van der Waals surface area (Å²) in [7, 11) is 1.41. The highest BCUT2D eigenvalue weighted by molar-refractivity contribution is 6.31. The van der Waals surface area contributed by atoms with Crippen LogP contribution in [-0.2, 0) is 9.53 Å². The van der Waals surface area contributed by atoms with E-state index in [1.807, 2.05) is 6.07 Å². The predicted octanol–water partition coefficient (Wildman–Crippen LogP) is 1.54. The molecule has 7 heteroatoms. The molecule has 0 saturated carbocycles. The van der Waals surface area contributed by atoms with Crippen molar-refractivity contribution in [2.24, 2.45) is 0 Å². The number of esters is 1. The van der Waals surface area contributed by atoms with Crippen molar-refractivity contribution in [2.45, 2.75) is 6.42 Å². The Bertz CT molecular complexity index is 540. The SMILES string of the molecule is COc1ccc(Cl)cc1C(=O)OCC(=O)NCCC#N. The third-order valence-corrected chi connectivity index (χ3v) is 2.51. The minimum Gasteiger partial charge on any atom is -0.496 e. The van der Waals surface area contributed by atoms with Crippen molar-refractivity contribution in [1.29, 1.82) is 5.26 Å². The lowest BCUT2D eigenvalue weighted by molar-refractivity contribution is -0.124. The predicted molar refractivity (Wildman–Crippen MR) is 71.5 cm³/mol. The van der Waals surface area contributed by atoms with E-state index in [0.29, 0.717) is 10.8 Å². The molecule has 0 atom stereocenters. The van der Waals surface area contributed by atoms with Crippen LogP contribution in [0.25, 0.3) is 0 Å². The number of amides is 1. The molecular weight excluding hydrogens is 284 g/mol. The van der Waals surface area contributed by atoms with Gasteiger partial charge in [-0.25, -0.2) is 4.79 Å². The Morgan fingerprint density at radius 2 is 2.20 bits per heavy atom. The van der Waals surface area contributed by atoms with Gasteiger partial charge in [-0.3, -0.25) is 4.79 Å². The average Bonchev–Trinajstić information content (AvgIpc) is 2.45. The molecule has 0 spiro atoms. The first-order chi connectivity index (χ1) is 9.58. The summed E-state index contributed by atoms with van der Waals surface area (Å²) in [5.74, 6) is -0.876. The summed E-state index contributed by atoms with van der Waals surface area (Å²) in [6.07, 6.45) is 0.196. The molecule has 0 radical (unpaired) electrons. The second kappa shape index (κ2) is 8.02. The number of hydrogen-bond donors (Lipinski definition) is 1. The maximum Gasteiger partial charge on any atom is 0.342 e. The average molecular weight is 297 g/mol. The zero-order valence-corrected chi connectivity index (χ0v) is 11.6. The van der Waals surface area contributed by atoms with Crippen molar-refractivity contribution >= 4 is 23.5 Å². The molecule has 0 unspecified atom stereocenters. The zero-order valence-electron chi connectivity index (χ0n) is 10.8. The van der Waals surface area contributed by atoms with Gasteiger partial charge in [-0.2, -0.15) is 5.26 Å². The molecule has 1 N–H and O–H groups in total. The Labute approximate surface area is 121 Å². The molecule has 1 rings (SSSR count). The first kappa shape index (κ1) is 15.8. The normalized spacial score (nSPS) is 9.45. The van der Waals surface area contributed by atoms with Gasteiger partial charge in [0, 0.05) is 11.6 Å². The molecule has 20 heavy (non-hydrogen) atoms. The van der Waals surface area contributed by atoms with Gasteiger partial charge in [-0.1, -0.05) is 11.6 Å². The van der Waals surface area contributed by atoms with Gasteiger partial charge < -0.3 is 14.8 Å². The van der Waals surface area contributed by atoms with Gasteiger partial charge in [0.15, 0.2) is 6.61 Å². The van der Waals surface area contributed by atoms with Crippen molar-refractivity contribution < 1.29 is 19.1 Å². The second-order valence-electron chi connectivity index (χ2n) is 3.68. The molecule has 6 nitrogen and oxygen atoms in total. The molecule has 0 bridgehead atoms. The number of halogens is 1. The zero-order chi connectivity index (χ0) is 15.0. The fourth-order valence-electron chi connectivity index (χ4n) is 1.36. The van der Waals surface area contributed by atoms with Gasteiger partial charge in [0.25, 0.3) is 5.91 Å². The molecular formula is C13H13ClN2O4. The van der Waals surface area contributed by atoms with E-state index in [0.717, 1.165) is 0 Å². The number of nitriles is 1. The van der Waals surface area contributed by atoms with Crippen LogP contribution in [0, 0.1) is 11.3 Å². The van der Waals surface area contributed by atoms with Crippen molar-refractivity contribution in [3.8, 4) is 11.8 Å². The van der Waals surface area contributed by atoms with E-state index < -0.39 is 18.5 Å². The third-order valence-electron chi connectivity index (χ3n) is 2.27. The van der Waals surface area contributed by atoms with Crippen molar-refractivity contribution in [3.63, 3.8) is 0 Å². The van der Waals surface area contributed by atoms with E-state index in [2.05, 4.69) is 5.32 Å². The van der Waals surface area contributed by atoms with Crippen LogP contribution in [0.5, 0.6) is 5.75 Å². The summed E-state index contributed by atoms with van der Waals surface area (Å²) in [5.41, 5.74) is 0.143. The van der Waals surface area contributed by atoms with Gasteiger partial charge in [0.05, 0.1) is 19.6 Å². The summed E-state index contributed by atoms with van der Waals surface area (Å²) in [6, 6.07) is 6.39. The third kappa shape index (κ3) is 4.78. The Kier molecular flexibility index (Phi) is 6.33. The van der Waals surface area contributed by atoms with Crippen LogP contribution in [0.1, 0.15) is 16.8 Å². The molecule has 0 aliphatic rings. The van der Waals surface area contributed by atoms with Gasteiger partial charge in [-0.05, 0) is 18.2 Å². The number of carbonyl (C=O) groups is 2. The number of methoxy groups -OCH3 is 1. The van der Waals surface area contributed by atoms with E-state index in [1.165, 1.54) is 19.2 Å². The molecule has 0 aromatic heterocycles. The summed E-state index contributed by atoms with van der Waals surface area (Å²) in [4.78, 5) is 23.1. The fraction of sp³-hybridized carbons (Fsp3) is 0.308. The highest BCUT2D eigenvalue weighted by atomic mass is 35.5. The van der Waals surface area contributed by atoms with Crippen LogP contribution < -0.4 is 10.1 Å². The Balaban J connectivity index is 2.57. The summed E-state index contributed by atoms with van der Waals surface area (Å²) < 4.78 is 9.86. The molecule has 0 saturated heterocycles. The number of ether oxygens (including phenoxy) is 2. The van der Waals surface area contributed by atoms with E-state index >= 15 is 0 Å². The number of rotatable bonds is 6. The highest BCUT2D eigenvalue weighted by Gasteiger charge is 2.15. The van der Waals surface area contributed by atoms with Crippen molar-refractivity contribution in [3.05, 3.63) is 28.8 Å². The molecule has 106 valence electrons. The largest absolute Gasteiger partial charge is 0.496 e. The van der Waals surface area contributed by atoms with Crippen LogP contribution in [0.2, 0.25) is 5.02 Å². The smallest absolute Gasteiger partial charge is 0.342 e. The Morgan fingerprint density at radius 3 is 2.85 bits per heavy atom. The van der Waals surface area contributed by atoms with Crippen molar-refractivity contribution in [2.75, 3.05) is 20.3 Å². The van der Waals surface area contributed by atoms with Gasteiger partial charge in [0.1, 0.15) is 11.3 Å². The second-order valence-corrected chi connectivity index (χ2v) is 4.12. The van der Waals surface area contributed by atoms with Gasteiger partial charge in [0.2, 0.25) is 0 Å². The summed E-state index contributed by atoms with van der Waals surface area (Å²) in [6.45, 7) is -0.215. The topological polar surface area (TPSA) is 88.4 Å². The lowest BCUT2D eigenvalue weighted by Crippen LogP contribution is -2.29. The number of benzene rings is 1. The van der Waals surface area contributed by atoms with E-state index in [4.69, 9.17) is 26.3 Å². The van der Waals surface area contributed by atoms with Crippen LogP contribution >= 0.6 is 11.6 Å². The van der Waals surface area contributed by atoms with Crippen LogP contribution in [0.3, 0.4) is 0 Å². The lowest BCUT2D eigenvalue weighted by Gasteiger charge is -2.09. The van der Waals surface area contributed by atoms with Crippen LogP contribution in [-0.4, -0.2) is 32.1 Å². The van der Waals surface area contributed by atoms with Gasteiger partial charge in [-0.15, -0.1) is 0 Å². The molecule has 1 aromatic rings. The minimum absolute atomic E-state index is 0.143. The minimum atomic E-state index is -0.709. The Morgan fingerprint density at radius 1 is 1.45 bits per heavy atom. The maximum absolute atomic E-state index is 11.8. The molecule has 0 fully saturated rings. The van der Waals surface area contributed by atoms with Crippen LogP contribution in [0.15, 0.2) is 18.2 Å². The molecule has 1 aromatic carbocycles. The summed E-state index contributed by atoms with van der Waals surface area (Å²) in [5, 5.41) is 11.1. The number of nitrogens with one attached hydrogen (secondary N) is 1. The highest BCUT2D eigenvalue weighted by Crippen LogP contribution is 2.23. The van der Waals surface area contributed by atoms with E-state index in [-0.39, 0.29) is 18.5 Å². The van der Waals surface area contributed by atoms with Crippen molar-refractivity contribution in [1.82, 2.24) is 5.32 Å². The fourth-order valence-corrected chi connectivity index (χ4v) is 1.53. The van der Waals surface area contributed by atoms with E-state index in [1.54, 1.807) is 6.07 Å². The van der Waals surface area contributed by atoms with E-state index in [9.17, 15) is 9.59 Å². The van der Waals surface area contributed by atoms with Gasteiger partial charge >= 0.3 is 5.97 Å². The molecule has 0 heterocycles. The monoisotopic (exact) mass is 296 g/mol.